The van der Waals surface area contributed by atoms with Crippen LogP contribution in [0.5, 0.6) is 0 Å². The van der Waals surface area contributed by atoms with E-state index in [9.17, 15) is 0 Å². The Balaban J connectivity index is 3.14. The summed E-state index contributed by atoms with van der Waals surface area (Å²) in [6.45, 7) is 5.06. The van der Waals surface area contributed by atoms with Gasteiger partial charge in [-0.3, -0.25) is 4.90 Å². The first kappa shape index (κ1) is 7.25. The Bertz CT molecular complexity index is 45.3. The Hall–Kier alpha value is 0.250. The van der Waals surface area contributed by atoms with Crippen LogP contribution in [0.15, 0.2) is 0 Å². The third-order valence-electron chi connectivity index (χ3n) is 1.11. The normalized spacial score (nSPS) is 15.0. The molecule has 0 heterocycles. The molecule has 0 aliphatic heterocycles. The molecule has 2 heteroatoms. The van der Waals surface area contributed by atoms with Gasteiger partial charge in [-0.2, -0.15) is 0 Å². The summed E-state index contributed by atoms with van der Waals surface area (Å²) < 4.78 is 0. The number of rotatable bonds is 2. The SMILES string of the molecule is CCN(C)C(C)Cl. The molecule has 0 aliphatic carbocycles. The lowest BCUT2D eigenvalue weighted by Gasteiger charge is -2.15. The van der Waals surface area contributed by atoms with Crippen molar-refractivity contribution in [2.45, 2.75) is 19.3 Å². The third-order valence-corrected chi connectivity index (χ3v) is 1.44. The number of alkyl halides is 1. The van der Waals surface area contributed by atoms with Crippen LogP contribution in [-0.4, -0.2) is 24.0 Å². The fourth-order valence-electron chi connectivity index (χ4n) is 0.252. The van der Waals surface area contributed by atoms with Gasteiger partial charge in [-0.25, -0.2) is 0 Å². The summed E-state index contributed by atoms with van der Waals surface area (Å²) in [5, 5.41) is 0. The van der Waals surface area contributed by atoms with Crippen molar-refractivity contribution in [2.24, 2.45) is 0 Å². The predicted octanol–water partition coefficient (Wildman–Crippen LogP) is 1.52. The lowest BCUT2D eigenvalue weighted by atomic mass is 10.6. The number of hydrogen-bond donors (Lipinski definition) is 0. The molecule has 0 amide bonds. The average molecular weight is 122 g/mol. The molecule has 7 heavy (non-hydrogen) atoms. The molecule has 0 rings (SSSR count). The molecule has 0 N–H and O–H groups in total. The number of halogens is 1. The van der Waals surface area contributed by atoms with Crippen molar-refractivity contribution in [1.29, 1.82) is 0 Å². The van der Waals surface area contributed by atoms with Gasteiger partial charge in [0.05, 0.1) is 5.50 Å². The molecule has 0 bridgehead atoms. The molecule has 0 aromatic rings. The summed E-state index contributed by atoms with van der Waals surface area (Å²) in [5.41, 5.74) is 0.171. The maximum Gasteiger partial charge on any atom is 0.0819 e. The van der Waals surface area contributed by atoms with Crippen LogP contribution in [-0.2, 0) is 0 Å². The van der Waals surface area contributed by atoms with E-state index in [1.807, 2.05) is 14.0 Å². The van der Waals surface area contributed by atoms with Gasteiger partial charge in [0, 0.05) is 0 Å². The minimum atomic E-state index is 0.171. The number of nitrogens with zero attached hydrogens (tertiary/aromatic N) is 1. The molecule has 0 saturated heterocycles. The second kappa shape index (κ2) is 3.28. The van der Waals surface area contributed by atoms with Crippen LogP contribution in [0, 0.1) is 0 Å². The van der Waals surface area contributed by atoms with Crippen LogP contribution in [0.1, 0.15) is 13.8 Å². The van der Waals surface area contributed by atoms with E-state index in [1.165, 1.54) is 0 Å². The van der Waals surface area contributed by atoms with Crippen LogP contribution in [0.4, 0.5) is 0 Å². The van der Waals surface area contributed by atoms with E-state index in [2.05, 4.69) is 11.8 Å². The molecule has 0 fully saturated rings. The molecule has 0 aliphatic rings. The molecular formula is C5H12ClN. The second-order valence-electron chi connectivity index (χ2n) is 1.65. The highest BCUT2D eigenvalue weighted by molar-refractivity contribution is 6.20. The minimum Gasteiger partial charge on any atom is -0.291 e. The molecule has 1 atom stereocenters. The van der Waals surface area contributed by atoms with Crippen LogP contribution >= 0.6 is 11.6 Å². The summed E-state index contributed by atoms with van der Waals surface area (Å²) in [4.78, 5) is 2.06. The highest BCUT2D eigenvalue weighted by Crippen LogP contribution is 1.97. The predicted molar refractivity (Wildman–Crippen MR) is 33.6 cm³/mol. The Morgan fingerprint density at radius 2 is 2.14 bits per heavy atom. The van der Waals surface area contributed by atoms with Crippen molar-refractivity contribution >= 4 is 11.6 Å². The molecule has 44 valence electrons. The largest absolute Gasteiger partial charge is 0.291 e. The quantitative estimate of drug-likeness (QED) is 0.396. The number of hydrogen-bond acceptors (Lipinski definition) is 1. The molecule has 1 nitrogen and oxygen atoms in total. The van der Waals surface area contributed by atoms with E-state index in [0.29, 0.717) is 0 Å². The topological polar surface area (TPSA) is 3.24 Å². The van der Waals surface area contributed by atoms with Crippen LogP contribution < -0.4 is 0 Å². The van der Waals surface area contributed by atoms with Gasteiger partial charge in [-0.1, -0.05) is 6.92 Å². The van der Waals surface area contributed by atoms with Gasteiger partial charge in [0.1, 0.15) is 0 Å². The molecule has 1 unspecified atom stereocenters. The van der Waals surface area contributed by atoms with Gasteiger partial charge in [-0.05, 0) is 20.5 Å². The molecule has 0 saturated carbocycles. The van der Waals surface area contributed by atoms with Crippen LogP contribution in [0.2, 0.25) is 0 Å². The highest BCUT2D eigenvalue weighted by Gasteiger charge is 1.98. The van der Waals surface area contributed by atoms with Gasteiger partial charge in [-0.15, -0.1) is 11.6 Å². The zero-order valence-corrected chi connectivity index (χ0v) is 5.87. The highest BCUT2D eigenvalue weighted by atomic mass is 35.5. The Labute approximate surface area is 50.3 Å². The second-order valence-corrected chi connectivity index (χ2v) is 2.28. The molecule has 0 radical (unpaired) electrons. The lowest BCUT2D eigenvalue weighted by Crippen LogP contribution is -2.23. The van der Waals surface area contributed by atoms with Crippen molar-refractivity contribution in [3.05, 3.63) is 0 Å². The zero-order chi connectivity index (χ0) is 5.86. The van der Waals surface area contributed by atoms with Crippen molar-refractivity contribution in [2.75, 3.05) is 13.6 Å². The molecule has 0 aromatic heterocycles. The first-order valence-electron chi connectivity index (χ1n) is 2.52. The molecule has 0 aromatic carbocycles. The van der Waals surface area contributed by atoms with E-state index >= 15 is 0 Å². The van der Waals surface area contributed by atoms with E-state index in [1.54, 1.807) is 0 Å². The maximum atomic E-state index is 5.65. The van der Waals surface area contributed by atoms with Gasteiger partial charge in [0.15, 0.2) is 0 Å². The summed E-state index contributed by atoms with van der Waals surface area (Å²) in [5.74, 6) is 0. The van der Waals surface area contributed by atoms with Gasteiger partial charge >= 0.3 is 0 Å². The fourth-order valence-corrected chi connectivity index (χ4v) is 0.390. The monoisotopic (exact) mass is 121 g/mol. The Kier molecular flexibility index (Phi) is 3.39. The van der Waals surface area contributed by atoms with Crippen molar-refractivity contribution in [1.82, 2.24) is 4.90 Å². The van der Waals surface area contributed by atoms with Gasteiger partial charge in [0.2, 0.25) is 0 Å². The standard InChI is InChI=1S/C5H12ClN/c1-4-7(3)5(2)6/h5H,4H2,1-3H3. The van der Waals surface area contributed by atoms with Crippen molar-refractivity contribution in [3.8, 4) is 0 Å². The molecular weight excluding hydrogens is 110 g/mol. The fraction of sp³-hybridized carbons (Fsp3) is 1.00. The Morgan fingerprint density at radius 1 is 1.71 bits per heavy atom. The minimum absolute atomic E-state index is 0.171. The van der Waals surface area contributed by atoms with Crippen molar-refractivity contribution in [3.63, 3.8) is 0 Å². The van der Waals surface area contributed by atoms with Gasteiger partial charge in [0.25, 0.3) is 0 Å². The van der Waals surface area contributed by atoms with E-state index < -0.39 is 0 Å². The van der Waals surface area contributed by atoms with E-state index in [4.69, 9.17) is 11.6 Å². The smallest absolute Gasteiger partial charge is 0.0819 e. The van der Waals surface area contributed by atoms with Crippen LogP contribution in [0.3, 0.4) is 0 Å². The van der Waals surface area contributed by atoms with Gasteiger partial charge < -0.3 is 0 Å². The summed E-state index contributed by atoms with van der Waals surface area (Å²) in [6.07, 6.45) is 0. The Morgan fingerprint density at radius 3 is 2.14 bits per heavy atom. The van der Waals surface area contributed by atoms with Crippen molar-refractivity contribution < 1.29 is 0 Å². The summed E-state index contributed by atoms with van der Waals surface area (Å²) >= 11 is 5.65. The first-order chi connectivity index (χ1) is 3.18. The van der Waals surface area contributed by atoms with Crippen LogP contribution in [0.25, 0.3) is 0 Å². The first-order valence-corrected chi connectivity index (χ1v) is 2.96. The molecule has 0 spiro atoms. The zero-order valence-electron chi connectivity index (χ0n) is 5.11. The lowest BCUT2D eigenvalue weighted by molar-refractivity contribution is 0.341. The summed E-state index contributed by atoms with van der Waals surface area (Å²) in [7, 11) is 2.00. The average Bonchev–Trinajstić information content (AvgIpc) is 1.65. The third kappa shape index (κ3) is 2.89. The van der Waals surface area contributed by atoms with E-state index in [0.717, 1.165) is 6.54 Å². The maximum absolute atomic E-state index is 5.65. The van der Waals surface area contributed by atoms with E-state index in [-0.39, 0.29) is 5.50 Å². The summed E-state index contributed by atoms with van der Waals surface area (Å²) in [6, 6.07) is 0.